The monoisotopic (exact) mass is 398 g/mol. The van der Waals surface area contributed by atoms with Crippen LogP contribution in [0.25, 0.3) is 16.9 Å². The zero-order valence-electron chi connectivity index (χ0n) is 14.2. The lowest BCUT2D eigenvalue weighted by Crippen LogP contribution is -2.29. The minimum atomic E-state index is -3.62. The average molecular weight is 398 g/mol. The molecule has 1 aromatic carbocycles. The van der Waals surface area contributed by atoms with Crippen molar-refractivity contribution in [2.24, 2.45) is 4.36 Å². The van der Waals surface area contributed by atoms with E-state index in [0.717, 1.165) is 0 Å². The number of allylic oxidation sites excluding steroid dienone is 1. The van der Waals surface area contributed by atoms with Crippen molar-refractivity contribution in [3.8, 4) is 5.82 Å². The highest BCUT2D eigenvalue weighted by molar-refractivity contribution is 7.90. The van der Waals surface area contributed by atoms with Gasteiger partial charge in [-0.25, -0.2) is 18.7 Å². The molecular weight excluding hydrogens is 382 g/mol. The van der Waals surface area contributed by atoms with Crippen LogP contribution in [0.1, 0.15) is 0 Å². The smallest absolute Gasteiger partial charge is 0.272 e. The van der Waals surface area contributed by atoms with Gasteiger partial charge < -0.3 is 0 Å². The van der Waals surface area contributed by atoms with Crippen LogP contribution >= 0.6 is 11.3 Å². The SMILES string of the molecule is C=CC[n+]1ccn(-c2nc3ccccc3nc2N=S(=O)(O)c2cccs2)c1. The maximum Gasteiger partial charge on any atom is 0.272 e. The molecule has 0 spiro atoms. The van der Waals surface area contributed by atoms with Gasteiger partial charge >= 0.3 is 0 Å². The van der Waals surface area contributed by atoms with E-state index in [0.29, 0.717) is 23.4 Å². The second-order valence-corrected chi connectivity index (χ2v) is 8.51. The summed E-state index contributed by atoms with van der Waals surface area (Å²) in [6.45, 7) is 4.36. The molecule has 1 N–H and O–H groups in total. The average Bonchev–Trinajstić information content (AvgIpc) is 3.33. The van der Waals surface area contributed by atoms with E-state index < -0.39 is 10.0 Å². The fraction of sp³-hybridized carbons (Fsp3) is 0.0556. The van der Waals surface area contributed by atoms with Crippen molar-refractivity contribution < 1.29 is 13.3 Å². The molecular formula is C18H16N5O2S2+. The molecule has 0 aliphatic carbocycles. The van der Waals surface area contributed by atoms with Gasteiger partial charge in [0.05, 0.1) is 11.0 Å². The van der Waals surface area contributed by atoms with Crippen molar-refractivity contribution in [3.63, 3.8) is 0 Å². The molecule has 1 unspecified atom stereocenters. The van der Waals surface area contributed by atoms with E-state index in [2.05, 4.69) is 20.9 Å². The first kappa shape index (κ1) is 17.5. The van der Waals surface area contributed by atoms with E-state index in [1.807, 2.05) is 35.3 Å². The molecule has 0 amide bonds. The molecule has 0 saturated heterocycles. The lowest BCUT2D eigenvalue weighted by molar-refractivity contribution is -0.686. The van der Waals surface area contributed by atoms with Gasteiger partial charge in [0.1, 0.15) is 23.1 Å². The normalized spacial score (nSPS) is 13.4. The highest BCUT2D eigenvalue weighted by Gasteiger charge is 2.19. The van der Waals surface area contributed by atoms with Crippen LogP contribution in [-0.2, 0) is 16.6 Å². The van der Waals surface area contributed by atoms with Crippen LogP contribution in [0.3, 0.4) is 0 Å². The summed E-state index contributed by atoms with van der Waals surface area (Å²) in [7, 11) is -3.62. The summed E-state index contributed by atoms with van der Waals surface area (Å²) in [6.07, 6.45) is 7.24. The molecule has 136 valence electrons. The van der Waals surface area contributed by atoms with Crippen LogP contribution in [0.4, 0.5) is 5.82 Å². The third kappa shape index (κ3) is 3.52. The third-order valence-corrected chi connectivity index (χ3v) is 6.46. The molecule has 9 heteroatoms. The second-order valence-electron chi connectivity index (χ2n) is 5.69. The molecule has 0 aliphatic rings. The highest BCUT2D eigenvalue weighted by atomic mass is 32.3. The Kier molecular flexibility index (Phi) is 4.56. The molecule has 0 saturated carbocycles. The molecule has 4 aromatic rings. The van der Waals surface area contributed by atoms with Crippen LogP contribution in [0.15, 0.2) is 81.7 Å². The summed E-state index contributed by atoms with van der Waals surface area (Å²) >= 11 is 1.18. The molecule has 1 atom stereocenters. The Balaban J connectivity index is 1.95. The fourth-order valence-electron chi connectivity index (χ4n) is 2.57. The van der Waals surface area contributed by atoms with Crippen LogP contribution in [-0.4, -0.2) is 23.3 Å². The van der Waals surface area contributed by atoms with Crippen molar-refractivity contribution in [1.82, 2.24) is 14.5 Å². The Morgan fingerprint density at radius 3 is 2.74 bits per heavy atom. The maximum atomic E-state index is 12.7. The van der Waals surface area contributed by atoms with Crippen molar-refractivity contribution in [1.29, 1.82) is 0 Å². The van der Waals surface area contributed by atoms with Gasteiger partial charge in [0.2, 0.25) is 15.8 Å². The van der Waals surface area contributed by atoms with Crippen LogP contribution in [0.2, 0.25) is 0 Å². The number of benzene rings is 1. The van der Waals surface area contributed by atoms with Crippen molar-refractivity contribution in [3.05, 3.63) is 73.2 Å². The summed E-state index contributed by atoms with van der Waals surface area (Å²) in [5.74, 6) is 0.491. The molecule has 27 heavy (non-hydrogen) atoms. The van der Waals surface area contributed by atoms with E-state index in [9.17, 15) is 8.76 Å². The number of hydrogen-bond acceptors (Lipinski definition) is 5. The number of hydrogen-bond donors (Lipinski definition) is 1. The Bertz CT molecular complexity index is 1240. The van der Waals surface area contributed by atoms with Gasteiger partial charge in [-0.1, -0.05) is 30.9 Å². The number of thiophene rings is 1. The van der Waals surface area contributed by atoms with Gasteiger partial charge in [-0.05, 0) is 23.6 Å². The molecule has 0 radical (unpaired) electrons. The van der Waals surface area contributed by atoms with E-state index in [4.69, 9.17) is 0 Å². The van der Waals surface area contributed by atoms with Crippen molar-refractivity contribution in [2.45, 2.75) is 10.8 Å². The molecule has 0 fully saturated rings. The molecule has 3 heterocycles. The predicted molar refractivity (Wildman–Crippen MR) is 105 cm³/mol. The first-order valence-corrected chi connectivity index (χ1v) is 10.4. The number of fused-ring (bicyclic) bond motifs is 1. The van der Waals surface area contributed by atoms with Gasteiger partial charge in [-0.15, -0.1) is 15.7 Å². The van der Waals surface area contributed by atoms with E-state index in [1.54, 1.807) is 40.4 Å². The first-order valence-electron chi connectivity index (χ1n) is 8.05. The Hall–Kier alpha value is -2.88. The summed E-state index contributed by atoms with van der Waals surface area (Å²) in [4.78, 5) is 9.11. The molecule has 0 aliphatic heterocycles. The lowest BCUT2D eigenvalue weighted by Gasteiger charge is -2.04. The Morgan fingerprint density at radius 1 is 1.26 bits per heavy atom. The molecule has 4 rings (SSSR count). The number of imidazole rings is 1. The van der Waals surface area contributed by atoms with Gasteiger partial charge in [-0.3, -0.25) is 4.55 Å². The zero-order valence-corrected chi connectivity index (χ0v) is 15.8. The van der Waals surface area contributed by atoms with Gasteiger partial charge in [0.25, 0.3) is 12.1 Å². The van der Waals surface area contributed by atoms with Crippen LogP contribution in [0, 0.1) is 0 Å². The summed E-state index contributed by atoms with van der Waals surface area (Å²) < 4.78 is 31.2. The zero-order chi connectivity index (χ0) is 18.9. The number of nitrogens with zero attached hydrogens (tertiary/aromatic N) is 5. The topological polar surface area (TPSA) is 84.3 Å². The van der Waals surface area contributed by atoms with E-state index in [1.165, 1.54) is 11.3 Å². The number of rotatable bonds is 5. The van der Waals surface area contributed by atoms with Crippen molar-refractivity contribution in [2.75, 3.05) is 0 Å². The fourth-order valence-corrected chi connectivity index (χ4v) is 4.50. The Morgan fingerprint density at radius 2 is 2.04 bits per heavy atom. The van der Waals surface area contributed by atoms with Gasteiger partial charge in [0.15, 0.2) is 0 Å². The molecule has 0 bridgehead atoms. The van der Waals surface area contributed by atoms with E-state index in [-0.39, 0.29) is 10.0 Å². The largest absolute Gasteiger partial charge is 0.296 e. The third-order valence-electron chi connectivity index (χ3n) is 3.78. The second kappa shape index (κ2) is 7.03. The summed E-state index contributed by atoms with van der Waals surface area (Å²) in [5, 5.41) is 1.73. The minimum Gasteiger partial charge on any atom is -0.296 e. The van der Waals surface area contributed by atoms with Gasteiger partial charge in [0, 0.05) is 0 Å². The molecule has 7 nitrogen and oxygen atoms in total. The first-order chi connectivity index (χ1) is 13.1. The molecule has 3 aromatic heterocycles. The minimum absolute atomic E-state index is 0.107. The quantitative estimate of drug-likeness (QED) is 0.411. The van der Waals surface area contributed by atoms with Crippen LogP contribution in [0.5, 0.6) is 0 Å². The van der Waals surface area contributed by atoms with Gasteiger partial charge in [-0.2, -0.15) is 4.57 Å². The van der Waals surface area contributed by atoms with E-state index >= 15 is 0 Å². The number of para-hydroxylation sites is 2. The Labute approximate surface area is 160 Å². The standard InChI is InChI=1S/C18H15N5O2S2/c1-2-9-22-10-11-23(13-22)18-17(19-14-6-3-4-7-15(14)20-18)21-27(24,25)16-8-5-12-26-16/h2-8,10-13H,1,9H2/p+1. The predicted octanol–water partition coefficient (Wildman–Crippen LogP) is 3.59. The van der Waals surface area contributed by atoms with Crippen LogP contribution < -0.4 is 4.57 Å². The maximum absolute atomic E-state index is 12.7. The lowest BCUT2D eigenvalue weighted by atomic mass is 10.3. The highest BCUT2D eigenvalue weighted by Crippen LogP contribution is 2.27. The summed E-state index contributed by atoms with van der Waals surface area (Å²) in [5.41, 5.74) is 1.28. The summed E-state index contributed by atoms with van der Waals surface area (Å²) in [6, 6.07) is 10.6. The number of aromatic nitrogens is 4. The van der Waals surface area contributed by atoms with Crippen molar-refractivity contribution >= 4 is 38.2 Å².